The lowest BCUT2D eigenvalue weighted by Crippen LogP contribution is -2.13. The van der Waals surface area contributed by atoms with E-state index in [4.69, 9.17) is 4.98 Å². The highest BCUT2D eigenvalue weighted by Gasteiger charge is 2.16. The van der Waals surface area contributed by atoms with E-state index in [-0.39, 0.29) is 5.56 Å². The maximum atomic E-state index is 13.5. The molecule has 4 nitrogen and oxygen atoms in total. The Balaban J connectivity index is 1.24. The third kappa shape index (κ3) is 3.69. The zero-order chi connectivity index (χ0) is 28.5. The van der Waals surface area contributed by atoms with Gasteiger partial charge in [-0.1, -0.05) is 96.3 Å². The summed E-state index contributed by atoms with van der Waals surface area (Å²) in [6.07, 6.45) is 0. The number of fused-ring (bicyclic) bond motifs is 7. The molecule has 3 heterocycles. The summed E-state index contributed by atoms with van der Waals surface area (Å²) in [4.78, 5) is 19.0. The van der Waals surface area contributed by atoms with Crippen LogP contribution in [0.2, 0.25) is 0 Å². The van der Waals surface area contributed by atoms with E-state index < -0.39 is 0 Å². The van der Waals surface area contributed by atoms with Gasteiger partial charge in [-0.05, 0) is 76.9 Å². The molecule has 0 unspecified atom stereocenters. The average molecular weight is 570 g/mol. The van der Waals surface area contributed by atoms with Crippen molar-refractivity contribution in [3.8, 4) is 27.9 Å². The number of hydrogen-bond acceptors (Lipinski definition) is 3. The van der Waals surface area contributed by atoms with Crippen LogP contribution in [0.4, 0.5) is 0 Å². The smallest absolute Gasteiger partial charge is 0.266 e. The average Bonchev–Trinajstić information content (AvgIpc) is 3.60. The molecule has 0 aliphatic rings. The summed E-state index contributed by atoms with van der Waals surface area (Å²) < 4.78 is 5.16. The molecule has 0 aliphatic heterocycles. The van der Waals surface area contributed by atoms with Gasteiger partial charge in [0.1, 0.15) is 0 Å². The summed E-state index contributed by atoms with van der Waals surface area (Å²) in [5, 5.41) is 3.03. The van der Waals surface area contributed by atoms with Crippen LogP contribution in [0.15, 0.2) is 144 Å². The Bertz CT molecular complexity index is 2590. The summed E-state index contributed by atoms with van der Waals surface area (Å²) >= 11 is 1.55. The zero-order valence-corrected chi connectivity index (χ0v) is 23.8. The molecule has 6 aromatic carbocycles. The lowest BCUT2D eigenvalue weighted by molar-refractivity contribution is 1.16. The van der Waals surface area contributed by atoms with E-state index in [9.17, 15) is 4.79 Å². The van der Waals surface area contributed by atoms with E-state index in [2.05, 4.69) is 114 Å². The second-order valence-corrected chi connectivity index (χ2v) is 11.8. The molecule has 3 aromatic heterocycles. The number of aromatic nitrogens is 3. The van der Waals surface area contributed by atoms with Gasteiger partial charge in [-0.2, -0.15) is 0 Å². The number of nitrogens with zero attached hydrogens (tertiary/aromatic N) is 3. The molecule has 0 spiro atoms. The quantitative estimate of drug-likeness (QED) is 0.213. The van der Waals surface area contributed by atoms with E-state index in [1.807, 2.05) is 30.3 Å². The van der Waals surface area contributed by atoms with Gasteiger partial charge in [0.05, 0.1) is 32.2 Å². The predicted molar refractivity (Wildman–Crippen MR) is 180 cm³/mol. The molecule has 0 radical (unpaired) electrons. The molecule has 0 saturated carbocycles. The lowest BCUT2D eigenvalue weighted by atomic mass is 10.0. The topological polar surface area (TPSA) is 39.3 Å². The van der Waals surface area contributed by atoms with Crippen LogP contribution in [0, 0.1) is 0 Å². The first kappa shape index (κ1) is 24.1. The SMILES string of the molecule is O=c1c2ccccc2nc2sc3ccc(-c4ccc5c(c4)c4ccccc4n5-c4cccc(-c5ccccc5)c4)cc3n12. The first-order valence-corrected chi connectivity index (χ1v) is 15.1. The van der Waals surface area contributed by atoms with Crippen LogP contribution in [0.25, 0.3) is 75.8 Å². The maximum absolute atomic E-state index is 13.5. The van der Waals surface area contributed by atoms with Gasteiger partial charge in [-0.3, -0.25) is 9.20 Å². The number of thiazole rings is 1. The molecule has 202 valence electrons. The molecule has 0 saturated heterocycles. The second-order valence-electron chi connectivity index (χ2n) is 10.8. The van der Waals surface area contributed by atoms with Crippen molar-refractivity contribution in [2.75, 3.05) is 0 Å². The van der Waals surface area contributed by atoms with Crippen molar-refractivity contribution in [1.82, 2.24) is 14.0 Å². The Hall–Kier alpha value is -5.52. The Morgan fingerprint density at radius 1 is 0.512 bits per heavy atom. The van der Waals surface area contributed by atoms with Crippen molar-refractivity contribution < 1.29 is 0 Å². The van der Waals surface area contributed by atoms with Crippen molar-refractivity contribution in [2.45, 2.75) is 0 Å². The van der Waals surface area contributed by atoms with Crippen molar-refractivity contribution in [3.05, 3.63) is 150 Å². The fraction of sp³-hybridized carbons (Fsp3) is 0. The normalized spacial score (nSPS) is 11.8. The van der Waals surface area contributed by atoms with Crippen LogP contribution < -0.4 is 5.56 Å². The van der Waals surface area contributed by atoms with Gasteiger partial charge in [0.2, 0.25) is 0 Å². The number of para-hydroxylation sites is 2. The first-order chi connectivity index (χ1) is 21.2. The Kier molecular flexibility index (Phi) is 5.18. The highest BCUT2D eigenvalue weighted by atomic mass is 32.1. The molecule has 43 heavy (non-hydrogen) atoms. The van der Waals surface area contributed by atoms with Crippen molar-refractivity contribution in [2.24, 2.45) is 0 Å². The van der Waals surface area contributed by atoms with Crippen molar-refractivity contribution in [1.29, 1.82) is 0 Å². The minimum atomic E-state index is -0.0275. The summed E-state index contributed by atoms with van der Waals surface area (Å²) in [7, 11) is 0. The number of benzene rings is 6. The third-order valence-corrected chi connectivity index (χ3v) is 9.38. The maximum Gasteiger partial charge on any atom is 0.266 e. The Morgan fingerprint density at radius 2 is 1.21 bits per heavy atom. The van der Waals surface area contributed by atoms with Gasteiger partial charge >= 0.3 is 0 Å². The van der Waals surface area contributed by atoms with Gasteiger partial charge in [0, 0.05) is 16.5 Å². The predicted octanol–water partition coefficient (Wildman–Crippen LogP) is 9.49. The first-order valence-electron chi connectivity index (χ1n) is 14.3. The van der Waals surface area contributed by atoms with Gasteiger partial charge < -0.3 is 4.57 Å². The highest BCUT2D eigenvalue weighted by Crippen LogP contribution is 2.37. The molecule has 0 fully saturated rings. The van der Waals surface area contributed by atoms with Gasteiger partial charge in [0.15, 0.2) is 4.96 Å². The molecular formula is C38H23N3OS. The van der Waals surface area contributed by atoms with Crippen LogP contribution in [0.5, 0.6) is 0 Å². The molecule has 0 atom stereocenters. The fourth-order valence-corrected chi connectivity index (χ4v) is 7.34. The molecule has 9 rings (SSSR count). The van der Waals surface area contributed by atoms with E-state index in [1.54, 1.807) is 15.7 Å². The van der Waals surface area contributed by atoms with E-state index >= 15 is 0 Å². The summed E-state index contributed by atoms with van der Waals surface area (Å²) in [6, 6.07) is 48.5. The molecule has 0 N–H and O–H groups in total. The summed E-state index contributed by atoms with van der Waals surface area (Å²) in [5.74, 6) is 0. The molecule has 0 bridgehead atoms. The minimum absolute atomic E-state index is 0.0275. The fourth-order valence-electron chi connectivity index (χ4n) is 6.34. The lowest BCUT2D eigenvalue weighted by Gasteiger charge is -2.11. The Labute approximate surface area is 250 Å². The number of rotatable bonds is 3. The highest BCUT2D eigenvalue weighted by molar-refractivity contribution is 7.23. The standard InChI is InChI=1S/C38H23N3OS/c42-37-30-14-4-6-15-32(30)39-38-41(37)35-23-27(18-20-36(35)43-38)26-17-19-34-31(22-26)29-13-5-7-16-33(29)40(34)28-12-8-11-25(21-28)24-9-2-1-3-10-24/h1-23H. The Morgan fingerprint density at radius 3 is 2.12 bits per heavy atom. The molecule has 5 heteroatoms. The molecular weight excluding hydrogens is 547 g/mol. The molecule has 0 amide bonds. The second kappa shape index (κ2) is 9.24. The van der Waals surface area contributed by atoms with Crippen molar-refractivity contribution in [3.63, 3.8) is 0 Å². The minimum Gasteiger partial charge on any atom is -0.309 e. The largest absolute Gasteiger partial charge is 0.309 e. The summed E-state index contributed by atoms with van der Waals surface area (Å²) in [5.41, 5.74) is 9.61. The van der Waals surface area contributed by atoms with Gasteiger partial charge in [-0.15, -0.1) is 0 Å². The van der Waals surface area contributed by atoms with Crippen LogP contribution in [0.3, 0.4) is 0 Å². The molecule has 9 aromatic rings. The van der Waals surface area contributed by atoms with E-state index in [0.717, 1.165) is 38.1 Å². The van der Waals surface area contributed by atoms with Gasteiger partial charge in [-0.25, -0.2) is 4.98 Å². The van der Waals surface area contributed by atoms with Crippen LogP contribution in [0.1, 0.15) is 0 Å². The third-order valence-electron chi connectivity index (χ3n) is 8.36. The van der Waals surface area contributed by atoms with Crippen molar-refractivity contribution >= 4 is 59.2 Å². The van der Waals surface area contributed by atoms with Crippen LogP contribution in [-0.4, -0.2) is 14.0 Å². The van der Waals surface area contributed by atoms with E-state index in [0.29, 0.717) is 10.3 Å². The monoisotopic (exact) mass is 569 g/mol. The molecule has 0 aliphatic carbocycles. The van der Waals surface area contributed by atoms with Crippen LogP contribution >= 0.6 is 11.3 Å². The summed E-state index contributed by atoms with van der Waals surface area (Å²) in [6.45, 7) is 0. The van der Waals surface area contributed by atoms with Gasteiger partial charge in [0.25, 0.3) is 5.56 Å². The van der Waals surface area contributed by atoms with Crippen LogP contribution in [-0.2, 0) is 0 Å². The van der Waals surface area contributed by atoms with E-state index in [1.165, 1.54) is 27.4 Å². The zero-order valence-electron chi connectivity index (χ0n) is 22.9. The number of hydrogen-bond donors (Lipinski definition) is 0.